The molecular formula is C16H17ClN2O5. The first-order valence-electron chi connectivity index (χ1n) is 7.34. The molecule has 7 nitrogen and oxygen atoms in total. The Kier molecular flexibility index (Phi) is 5.81. The maximum atomic E-state index is 11.8. The van der Waals surface area contributed by atoms with E-state index in [0.29, 0.717) is 16.0 Å². The maximum Gasteiger partial charge on any atom is 0.326 e. The van der Waals surface area contributed by atoms with Gasteiger partial charge >= 0.3 is 11.9 Å². The lowest BCUT2D eigenvalue weighted by Gasteiger charge is -2.14. The van der Waals surface area contributed by atoms with Gasteiger partial charge in [-0.3, -0.25) is 9.59 Å². The Morgan fingerprint density at radius 1 is 1.38 bits per heavy atom. The molecule has 128 valence electrons. The number of aromatic amines is 1. The molecule has 1 aromatic carbocycles. The molecule has 1 amide bonds. The van der Waals surface area contributed by atoms with Gasteiger partial charge in [0.15, 0.2) is 0 Å². The van der Waals surface area contributed by atoms with Gasteiger partial charge in [0.2, 0.25) is 5.91 Å². The molecule has 0 aliphatic carbocycles. The van der Waals surface area contributed by atoms with Gasteiger partial charge in [0.25, 0.3) is 0 Å². The van der Waals surface area contributed by atoms with Gasteiger partial charge in [-0.15, -0.1) is 0 Å². The van der Waals surface area contributed by atoms with E-state index in [1.54, 1.807) is 25.3 Å². The van der Waals surface area contributed by atoms with E-state index in [0.717, 1.165) is 5.52 Å². The van der Waals surface area contributed by atoms with Crippen LogP contribution in [0.2, 0.25) is 5.02 Å². The Bertz CT molecular complexity index is 771. The van der Waals surface area contributed by atoms with Gasteiger partial charge in [0.1, 0.15) is 12.5 Å². The number of hydrogen-bond acceptors (Lipinski definition) is 4. The number of carbonyl (C=O) groups excluding carboxylic acids is 2. The highest BCUT2D eigenvalue weighted by Gasteiger charge is 2.23. The first-order valence-corrected chi connectivity index (χ1v) is 7.72. The van der Waals surface area contributed by atoms with Gasteiger partial charge in [-0.05, 0) is 24.6 Å². The number of aliphatic carboxylic acids is 1. The number of hydrogen-bond donors (Lipinski definition) is 3. The van der Waals surface area contributed by atoms with E-state index >= 15 is 0 Å². The highest BCUT2D eigenvalue weighted by atomic mass is 35.5. The fraction of sp³-hybridized carbons (Fsp3) is 0.312. The molecule has 24 heavy (non-hydrogen) atoms. The topological polar surface area (TPSA) is 108 Å². The van der Waals surface area contributed by atoms with Crippen molar-refractivity contribution in [3.05, 3.63) is 35.0 Å². The first kappa shape index (κ1) is 17.8. The Labute approximate surface area is 142 Å². The zero-order chi connectivity index (χ0) is 17.7. The molecular weight excluding hydrogens is 336 g/mol. The van der Waals surface area contributed by atoms with E-state index < -0.39 is 30.3 Å². The number of esters is 1. The molecule has 1 atom stereocenters. The third-order valence-electron chi connectivity index (χ3n) is 3.40. The van der Waals surface area contributed by atoms with Crippen LogP contribution in [0.15, 0.2) is 24.4 Å². The van der Waals surface area contributed by atoms with Crippen molar-refractivity contribution in [3.8, 4) is 0 Å². The van der Waals surface area contributed by atoms with Gasteiger partial charge in [-0.2, -0.15) is 0 Å². The number of H-pyrrole nitrogens is 1. The average Bonchev–Trinajstić information content (AvgIpc) is 2.91. The molecule has 8 heteroatoms. The average molecular weight is 353 g/mol. The molecule has 0 saturated heterocycles. The molecule has 0 aliphatic rings. The Hall–Kier alpha value is -2.54. The van der Waals surface area contributed by atoms with Crippen molar-refractivity contribution in [1.29, 1.82) is 0 Å². The molecule has 0 radical (unpaired) electrons. The van der Waals surface area contributed by atoms with Crippen molar-refractivity contribution >= 4 is 40.3 Å². The summed E-state index contributed by atoms with van der Waals surface area (Å²) in [4.78, 5) is 37.5. The van der Waals surface area contributed by atoms with Crippen LogP contribution in [0, 0.1) is 0 Å². The number of fused-ring (bicyclic) bond motifs is 1. The second-order valence-corrected chi connectivity index (χ2v) is 5.53. The smallest absolute Gasteiger partial charge is 0.326 e. The van der Waals surface area contributed by atoms with Gasteiger partial charge in [0, 0.05) is 23.5 Å². The number of carbonyl (C=O) groups is 3. The maximum absolute atomic E-state index is 11.8. The molecule has 2 rings (SSSR count). The molecule has 0 fully saturated rings. The monoisotopic (exact) mass is 352 g/mol. The van der Waals surface area contributed by atoms with Crippen LogP contribution in [-0.2, 0) is 25.5 Å². The molecule has 0 spiro atoms. The first-order chi connectivity index (χ1) is 11.4. The van der Waals surface area contributed by atoms with Crippen LogP contribution in [0.4, 0.5) is 0 Å². The number of carboxylic acids is 1. The number of aromatic nitrogens is 1. The number of benzene rings is 1. The number of nitrogens with one attached hydrogen (secondary N) is 2. The van der Waals surface area contributed by atoms with E-state index in [9.17, 15) is 19.5 Å². The molecule has 1 heterocycles. The predicted molar refractivity (Wildman–Crippen MR) is 87.8 cm³/mol. The lowest BCUT2D eigenvalue weighted by atomic mass is 10.0. The lowest BCUT2D eigenvalue weighted by Crippen LogP contribution is -2.43. The summed E-state index contributed by atoms with van der Waals surface area (Å²) in [5.41, 5.74) is 1.44. The quantitative estimate of drug-likeness (QED) is 0.521. The zero-order valence-corrected chi connectivity index (χ0v) is 13.7. The second-order valence-electron chi connectivity index (χ2n) is 5.12. The van der Waals surface area contributed by atoms with Crippen LogP contribution in [0.1, 0.15) is 18.9 Å². The SMILES string of the molecule is CCOC(=O)CC(=O)N[C@@H](Cc1c[nH]c2cccc(Cl)c12)C(=O)O. The predicted octanol–water partition coefficient (Wildman–Crippen LogP) is 1.89. The number of ether oxygens (including phenoxy) is 1. The van der Waals surface area contributed by atoms with Gasteiger partial charge < -0.3 is 20.1 Å². The van der Waals surface area contributed by atoms with Gasteiger partial charge in [-0.25, -0.2) is 4.79 Å². The molecule has 0 bridgehead atoms. The summed E-state index contributed by atoms with van der Waals surface area (Å²) in [5.74, 6) is -2.60. The van der Waals surface area contributed by atoms with Crippen molar-refractivity contribution in [2.75, 3.05) is 6.61 Å². The number of rotatable bonds is 7. The minimum absolute atomic E-state index is 0.0353. The van der Waals surface area contributed by atoms with E-state index in [-0.39, 0.29) is 13.0 Å². The Morgan fingerprint density at radius 2 is 2.12 bits per heavy atom. The minimum atomic E-state index is -1.20. The van der Waals surface area contributed by atoms with Crippen LogP contribution in [0.3, 0.4) is 0 Å². The Morgan fingerprint density at radius 3 is 2.79 bits per heavy atom. The van der Waals surface area contributed by atoms with Crippen molar-refractivity contribution in [2.24, 2.45) is 0 Å². The summed E-state index contributed by atoms with van der Waals surface area (Å²) in [7, 11) is 0. The lowest BCUT2D eigenvalue weighted by molar-refractivity contribution is -0.148. The number of halogens is 1. The van der Waals surface area contributed by atoms with E-state index in [1.807, 2.05) is 6.07 Å². The standard InChI is InChI=1S/C16H17ClN2O5/c1-2-24-14(21)7-13(20)19-12(16(22)23)6-9-8-18-11-5-3-4-10(17)15(9)11/h3-5,8,12,18H,2,6-7H2,1H3,(H,19,20)(H,22,23)/t12-/m0/s1. The summed E-state index contributed by atoms with van der Waals surface area (Å²) >= 11 is 6.16. The van der Waals surface area contributed by atoms with Crippen molar-refractivity contribution in [3.63, 3.8) is 0 Å². The minimum Gasteiger partial charge on any atom is -0.480 e. The van der Waals surface area contributed by atoms with Crippen LogP contribution < -0.4 is 5.32 Å². The van der Waals surface area contributed by atoms with Gasteiger partial charge in [0.05, 0.1) is 11.6 Å². The number of amides is 1. The van der Waals surface area contributed by atoms with Crippen molar-refractivity contribution < 1.29 is 24.2 Å². The summed E-state index contributed by atoms with van der Waals surface area (Å²) in [6.07, 6.45) is 1.17. The highest BCUT2D eigenvalue weighted by molar-refractivity contribution is 6.35. The van der Waals surface area contributed by atoms with Crippen LogP contribution >= 0.6 is 11.6 Å². The van der Waals surface area contributed by atoms with E-state index in [1.165, 1.54) is 0 Å². The van der Waals surface area contributed by atoms with E-state index in [4.69, 9.17) is 11.6 Å². The summed E-state index contributed by atoms with van der Waals surface area (Å²) < 4.78 is 4.66. The highest BCUT2D eigenvalue weighted by Crippen LogP contribution is 2.27. The molecule has 1 aromatic heterocycles. The largest absolute Gasteiger partial charge is 0.480 e. The van der Waals surface area contributed by atoms with Crippen molar-refractivity contribution in [2.45, 2.75) is 25.8 Å². The molecule has 3 N–H and O–H groups in total. The van der Waals surface area contributed by atoms with Crippen LogP contribution in [0.5, 0.6) is 0 Å². The third kappa shape index (κ3) is 4.26. The second kappa shape index (κ2) is 7.83. The fourth-order valence-electron chi connectivity index (χ4n) is 2.38. The third-order valence-corrected chi connectivity index (χ3v) is 3.72. The molecule has 0 unspecified atom stereocenters. The van der Waals surface area contributed by atoms with Crippen LogP contribution in [0.25, 0.3) is 10.9 Å². The summed E-state index contributed by atoms with van der Waals surface area (Å²) in [6.45, 7) is 1.78. The normalized spacial score (nSPS) is 11.9. The van der Waals surface area contributed by atoms with Gasteiger partial charge in [-0.1, -0.05) is 17.7 Å². The zero-order valence-electron chi connectivity index (χ0n) is 13.0. The number of carboxylic acid groups (broad SMARTS) is 1. The van der Waals surface area contributed by atoms with E-state index in [2.05, 4.69) is 15.0 Å². The van der Waals surface area contributed by atoms with Crippen LogP contribution in [-0.4, -0.2) is 40.6 Å². The summed E-state index contributed by atoms with van der Waals surface area (Å²) in [5, 5.41) is 12.9. The molecule has 0 saturated carbocycles. The fourth-order valence-corrected chi connectivity index (χ4v) is 2.67. The summed E-state index contributed by atoms with van der Waals surface area (Å²) in [6, 6.07) is 4.12. The Balaban J connectivity index is 2.12. The molecule has 0 aliphatic heterocycles. The van der Waals surface area contributed by atoms with Crippen molar-refractivity contribution in [1.82, 2.24) is 10.3 Å². The molecule has 2 aromatic rings.